The van der Waals surface area contributed by atoms with Gasteiger partial charge in [-0.15, -0.1) is 0 Å². The van der Waals surface area contributed by atoms with E-state index in [1.165, 1.54) is 77.9 Å². The van der Waals surface area contributed by atoms with Crippen LogP contribution in [-0.4, -0.2) is 62.7 Å². The Labute approximate surface area is 126 Å². The highest BCUT2D eigenvalue weighted by Gasteiger charge is 2.34. The lowest BCUT2D eigenvalue weighted by molar-refractivity contribution is 0.0595. The lowest BCUT2D eigenvalue weighted by atomic mass is 9.73. The summed E-state index contributed by atoms with van der Waals surface area (Å²) >= 11 is 0. The Hall–Kier alpha value is -0.120. The third-order valence-electron chi connectivity index (χ3n) is 5.11. The molecule has 1 heterocycles. The van der Waals surface area contributed by atoms with Crippen LogP contribution in [0.1, 0.15) is 46.0 Å². The molecule has 0 unspecified atom stereocenters. The van der Waals surface area contributed by atoms with Gasteiger partial charge < -0.3 is 15.1 Å². The molecule has 0 spiro atoms. The van der Waals surface area contributed by atoms with Crippen LogP contribution in [-0.2, 0) is 0 Å². The summed E-state index contributed by atoms with van der Waals surface area (Å²) < 4.78 is 0. The van der Waals surface area contributed by atoms with Crippen molar-refractivity contribution in [2.24, 2.45) is 11.3 Å². The summed E-state index contributed by atoms with van der Waals surface area (Å²) in [5, 5.41) is 3.47. The van der Waals surface area contributed by atoms with Crippen LogP contribution in [0.25, 0.3) is 0 Å². The van der Waals surface area contributed by atoms with Crippen molar-refractivity contribution in [3.63, 3.8) is 0 Å². The first-order valence-corrected chi connectivity index (χ1v) is 8.73. The summed E-state index contributed by atoms with van der Waals surface area (Å²) in [4.78, 5) is 5.38. The molecular formula is C17H35N3. The zero-order chi connectivity index (χ0) is 14.4. The third kappa shape index (κ3) is 4.71. The monoisotopic (exact) mass is 281 g/mol. The molecule has 1 aliphatic heterocycles. The molecule has 0 aromatic heterocycles. The molecule has 3 heteroatoms. The van der Waals surface area contributed by atoms with Gasteiger partial charge in [0.25, 0.3) is 0 Å². The van der Waals surface area contributed by atoms with Crippen LogP contribution >= 0.6 is 0 Å². The fourth-order valence-electron chi connectivity index (χ4n) is 4.19. The van der Waals surface area contributed by atoms with Gasteiger partial charge in [-0.1, -0.05) is 33.1 Å². The van der Waals surface area contributed by atoms with Crippen molar-refractivity contribution in [3.8, 4) is 0 Å². The Bertz CT molecular complexity index is 258. The Morgan fingerprint density at radius 3 is 2.10 bits per heavy atom. The number of piperazine rings is 1. The minimum Gasteiger partial charge on any atom is -0.319 e. The maximum atomic E-state index is 3.47. The van der Waals surface area contributed by atoms with E-state index < -0.39 is 0 Å². The van der Waals surface area contributed by atoms with E-state index in [1.807, 2.05) is 0 Å². The molecule has 0 bridgehead atoms. The summed E-state index contributed by atoms with van der Waals surface area (Å²) in [6.45, 7) is 13.6. The second-order valence-electron chi connectivity index (χ2n) is 7.56. The van der Waals surface area contributed by atoms with Gasteiger partial charge in [-0.2, -0.15) is 0 Å². The molecule has 1 saturated carbocycles. The normalized spacial score (nSPS) is 25.2. The molecule has 2 aliphatic rings. The first-order valence-electron chi connectivity index (χ1n) is 8.73. The van der Waals surface area contributed by atoms with Crippen LogP contribution in [0.4, 0.5) is 0 Å². The second kappa shape index (κ2) is 7.77. The summed E-state index contributed by atoms with van der Waals surface area (Å²) in [7, 11) is 2.12. The summed E-state index contributed by atoms with van der Waals surface area (Å²) in [5.41, 5.74) is 0.563. The van der Waals surface area contributed by atoms with E-state index >= 15 is 0 Å². The molecule has 1 aliphatic carbocycles. The fourth-order valence-corrected chi connectivity index (χ4v) is 4.19. The summed E-state index contributed by atoms with van der Waals surface area (Å²) in [5.74, 6) is 0.801. The number of hydrogen-bond acceptors (Lipinski definition) is 3. The maximum Gasteiger partial charge on any atom is 0.0110 e. The first kappa shape index (κ1) is 16.3. The Morgan fingerprint density at radius 2 is 1.55 bits per heavy atom. The molecule has 0 aromatic carbocycles. The van der Waals surface area contributed by atoms with E-state index in [0.717, 1.165) is 5.92 Å². The SMILES string of the molecule is CNCC1(CN2CCN(CC(C)C)CC2)CCCCC1. The van der Waals surface area contributed by atoms with Crippen molar-refractivity contribution in [2.45, 2.75) is 46.0 Å². The van der Waals surface area contributed by atoms with E-state index in [4.69, 9.17) is 0 Å². The molecule has 0 atom stereocenters. The van der Waals surface area contributed by atoms with Gasteiger partial charge in [-0.25, -0.2) is 0 Å². The van der Waals surface area contributed by atoms with Gasteiger partial charge in [-0.3, -0.25) is 0 Å². The van der Waals surface area contributed by atoms with Crippen molar-refractivity contribution in [1.29, 1.82) is 0 Å². The molecule has 3 nitrogen and oxygen atoms in total. The second-order valence-corrected chi connectivity index (χ2v) is 7.56. The number of nitrogens with one attached hydrogen (secondary N) is 1. The summed E-state index contributed by atoms with van der Waals surface area (Å²) in [6, 6.07) is 0. The molecule has 0 radical (unpaired) electrons. The highest BCUT2D eigenvalue weighted by atomic mass is 15.3. The molecule has 0 amide bonds. The zero-order valence-corrected chi connectivity index (χ0v) is 14.0. The van der Waals surface area contributed by atoms with Crippen LogP contribution in [0.3, 0.4) is 0 Å². The van der Waals surface area contributed by atoms with Crippen LogP contribution in [0, 0.1) is 11.3 Å². The molecule has 20 heavy (non-hydrogen) atoms. The van der Waals surface area contributed by atoms with Crippen LogP contribution in [0.15, 0.2) is 0 Å². The van der Waals surface area contributed by atoms with E-state index in [0.29, 0.717) is 5.41 Å². The predicted molar refractivity (Wildman–Crippen MR) is 87.2 cm³/mol. The largest absolute Gasteiger partial charge is 0.319 e. The van der Waals surface area contributed by atoms with Crippen molar-refractivity contribution >= 4 is 0 Å². The molecule has 2 rings (SSSR count). The van der Waals surface area contributed by atoms with Gasteiger partial charge >= 0.3 is 0 Å². The van der Waals surface area contributed by atoms with Crippen molar-refractivity contribution in [3.05, 3.63) is 0 Å². The van der Waals surface area contributed by atoms with Crippen molar-refractivity contribution < 1.29 is 0 Å². The maximum absolute atomic E-state index is 3.47. The lowest BCUT2D eigenvalue weighted by Crippen LogP contribution is -2.52. The van der Waals surface area contributed by atoms with E-state index in [2.05, 4.69) is 36.0 Å². The standard InChI is InChI=1S/C17H35N3/c1-16(2)13-19-9-11-20(12-10-19)15-17(14-18-3)7-5-4-6-8-17/h16,18H,4-15H2,1-3H3. The highest BCUT2D eigenvalue weighted by Crippen LogP contribution is 2.36. The molecule has 118 valence electrons. The van der Waals surface area contributed by atoms with Gasteiger partial charge in [0, 0.05) is 45.8 Å². The Morgan fingerprint density at radius 1 is 0.950 bits per heavy atom. The van der Waals surface area contributed by atoms with Gasteiger partial charge in [0.2, 0.25) is 0 Å². The third-order valence-corrected chi connectivity index (χ3v) is 5.11. The molecular weight excluding hydrogens is 246 g/mol. The molecule has 1 saturated heterocycles. The van der Waals surface area contributed by atoms with E-state index in [-0.39, 0.29) is 0 Å². The average molecular weight is 281 g/mol. The van der Waals surface area contributed by atoms with Gasteiger partial charge in [0.15, 0.2) is 0 Å². The first-order chi connectivity index (χ1) is 9.63. The minimum absolute atomic E-state index is 0.563. The topological polar surface area (TPSA) is 18.5 Å². The van der Waals surface area contributed by atoms with Crippen LogP contribution in [0.5, 0.6) is 0 Å². The zero-order valence-electron chi connectivity index (χ0n) is 14.0. The number of rotatable bonds is 6. The van der Waals surface area contributed by atoms with Gasteiger partial charge in [0.1, 0.15) is 0 Å². The van der Waals surface area contributed by atoms with E-state index in [1.54, 1.807) is 0 Å². The van der Waals surface area contributed by atoms with Crippen LogP contribution < -0.4 is 5.32 Å². The molecule has 0 aromatic rings. The highest BCUT2D eigenvalue weighted by molar-refractivity contribution is 4.89. The van der Waals surface area contributed by atoms with Gasteiger partial charge in [0.05, 0.1) is 0 Å². The average Bonchev–Trinajstić information content (AvgIpc) is 2.42. The number of hydrogen-bond donors (Lipinski definition) is 1. The quantitative estimate of drug-likeness (QED) is 0.807. The molecule has 2 fully saturated rings. The smallest absolute Gasteiger partial charge is 0.0110 e. The molecule has 1 N–H and O–H groups in total. The number of nitrogens with zero attached hydrogens (tertiary/aromatic N) is 2. The van der Waals surface area contributed by atoms with E-state index in [9.17, 15) is 0 Å². The Balaban J connectivity index is 1.80. The Kier molecular flexibility index (Phi) is 6.31. The van der Waals surface area contributed by atoms with Crippen molar-refractivity contribution in [1.82, 2.24) is 15.1 Å². The summed E-state index contributed by atoms with van der Waals surface area (Å²) in [6.07, 6.45) is 7.19. The minimum atomic E-state index is 0.563. The lowest BCUT2D eigenvalue weighted by Gasteiger charge is -2.44. The van der Waals surface area contributed by atoms with Crippen LogP contribution in [0.2, 0.25) is 0 Å². The fraction of sp³-hybridized carbons (Fsp3) is 1.00. The van der Waals surface area contributed by atoms with Crippen molar-refractivity contribution in [2.75, 3.05) is 52.9 Å². The predicted octanol–water partition coefficient (Wildman–Crippen LogP) is 2.43. The van der Waals surface area contributed by atoms with Gasteiger partial charge in [-0.05, 0) is 31.2 Å².